The first-order valence-electron chi connectivity index (χ1n) is 6.77. The quantitative estimate of drug-likeness (QED) is 0.733. The van der Waals surface area contributed by atoms with Gasteiger partial charge in [0, 0.05) is 12.0 Å². The Kier molecular flexibility index (Phi) is 5.82. The van der Waals surface area contributed by atoms with Crippen LogP contribution in [0, 0.1) is 0 Å². The highest BCUT2D eigenvalue weighted by molar-refractivity contribution is 5.90. The fraction of sp³-hybridized carbons (Fsp3) is 0.769. The summed E-state index contributed by atoms with van der Waals surface area (Å²) in [6.45, 7) is 8.21. The number of aromatic amines is 1. The summed E-state index contributed by atoms with van der Waals surface area (Å²) in [5.41, 5.74) is 0. The lowest BCUT2D eigenvalue weighted by Crippen LogP contribution is -2.33. The van der Waals surface area contributed by atoms with E-state index < -0.39 is 0 Å². The van der Waals surface area contributed by atoms with Crippen LogP contribution < -0.4 is 5.32 Å². The molecule has 1 aromatic rings. The number of amides is 1. The molecule has 0 aromatic carbocycles. The maximum Gasteiger partial charge on any atom is 0.291 e. The molecule has 0 radical (unpaired) electrons. The van der Waals surface area contributed by atoms with E-state index in [2.05, 4.69) is 27.4 Å². The van der Waals surface area contributed by atoms with Crippen molar-refractivity contribution in [2.45, 2.75) is 65.3 Å². The number of nitrogens with one attached hydrogen (secondary N) is 2. The molecule has 0 aliphatic carbocycles. The van der Waals surface area contributed by atoms with Crippen molar-refractivity contribution in [1.82, 2.24) is 20.5 Å². The third-order valence-corrected chi connectivity index (χ3v) is 2.87. The molecule has 0 saturated heterocycles. The average molecular weight is 252 g/mol. The number of hydrogen-bond acceptors (Lipinski definition) is 3. The van der Waals surface area contributed by atoms with Gasteiger partial charge in [-0.1, -0.05) is 40.0 Å². The smallest absolute Gasteiger partial charge is 0.291 e. The molecule has 0 fully saturated rings. The van der Waals surface area contributed by atoms with E-state index in [9.17, 15) is 4.79 Å². The maximum absolute atomic E-state index is 11.9. The summed E-state index contributed by atoms with van der Waals surface area (Å²) in [6, 6.07) is 0.171. The first-order chi connectivity index (χ1) is 8.54. The van der Waals surface area contributed by atoms with Crippen molar-refractivity contribution in [1.29, 1.82) is 0 Å². The Hall–Kier alpha value is -1.39. The van der Waals surface area contributed by atoms with Gasteiger partial charge in [-0.05, 0) is 13.3 Å². The fourth-order valence-corrected chi connectivity index (χ4v) is 1.70. The van der Waals surface area contributed by atoms with E-state index in [0.717, 1.165) is 18.7 Å². The largest absolute Gasteiger partial charge is 0.347 e. The van der Waals surface area contributed by atoms with Crippen molar-refractivity contribution >= 4 is 5.91 Å². The zero-order chi connectivity index (χ0) is 13.5. The molecular formula is C13H24N4O. The molecule has 0 saturated carbocycles. The van der Waals surface area contributed by atoms with E-state index >= 15 is 0 Å². The second kappa shape index (κ2) is 7.13. The molecule has 5 heteroatoms. The molecular weight excluding hydrogens is 228 g/mol. The van der Waals surface area contributed by atoms with Gasteiger partial charge in [-0.2, -0.15) is 0 Å². The van der Waals surface area contributed by atoms with Crippen LogP contribution >= 0.6 is 0 Å². The molecule has 1 aromatic heterocycles. The van der Waals surface area contributed by atoms with Crippen LogP contribution in [0.15, 0.2) is 0 Å². The maximum atomic E-state index is 11.9. The van der Waals surface area contributed by atoms with Gasteiger partial charge < -0.3 is 5.32 Å². The lowest BCUT2D eigenvalue weighted by atomic mass is 10.1. The lowest BCUT2D eigenvalue weighted by molar-refractivity contribution is 0.0927. The van der Waals surface area contributed by atoms with Crippen molar-refractivity contribution < 1.29 is 4.79 Å². The highest BCUT2D eigenvalue weighted by Crippen LogP contribution is 2.08. The fourth-order valence-electron chi connectivity index (χ4n) is 1.70. The molecule has 1 amide bonds. The van der Waals surface area contributed by atoms with Crippen LogP contribution in [0.4, 0.5) is 0 Å². The second-order valence-corrected chi connectivity index (χ2v) is 5.07. The van der Waals surface area contributed by atoms with Crippen molar-refractivity contribution in [2.24, 2.45) is 0 Å². The van der Waals surface area contributed by atoms with Crippen LogP contribution in [0.1, 0.15) is 75.7 Å². The Morgan fingerprint density at radius 3 is 2.61 bits per heavy atom. The summed E-state index contributed by atoms with van der Waals surface area (Å²) >= 11 is 0. The molecule has 0 bridgehead atoms. The van der Waals surface area contributed by atoms with Gasteiger partial charge in [-0.15, -0.1) is 5.10 Å². The zero-order valence-electron chi connectivity index (χ0n) is 11.8. The van der Waals surface area contributed by atoms with Gasteiger partial charge in [0.15, 0.2) is 0 Å². The molecule has 5 nitrogen and oxygen atoms in total. The van der Waals surface area contributed by atoms with E-state index in [1.54, 1.807) is 0 Å². The molecule has 1 heterocycles. The molecule has 1 atom stereocenters. The van der Waals surface area contributed by atoms with E-state index in [1.807, 2.05) is 20.8 Å². The SMILES string of the molecule is CCCCCC(C)NC(=O)c1n[nH]c(C(C)C)n1. The number of carbonyl (C=O) groups is 1. The topological polar surface area (TPSA) is 70.7 Å². The molecule has 2 N–H and O–H groups in total. The summed E-state index contributed by atoms with van der Waals surface area (Å²) in [5.74, 6) is 1.04. The van der Waals surface area contributed by atoms with Crippen molar-refractivity contribution in [3.63, 3.8) is 0 Å². The highest BCUT2D eigenvalue weighted by atomic mass is 16.2. The normalized spacial score (nSPS) is 12.7. The summed E-state index contributed by atoms with van der Waals surface area (Å²) in [6.07, 6.45) is 4.54. The van der Waals surface area contributed by atoms with Gasteiger partial charge >= 0.3 is 0 Å². The van der Waals surface area contributed by atoms with Crippen LogP contribution in [-0.4, -0.2) is 27.1 Å². The third kappa shape index (κ3) is 4.47. The summed E-state index contributed by atoms with van der Waals surface area (Å²) < 4.78 is 0. The summed E-state index contributed by atoms with van der Waals surface area (Å²) in [7, 11) is 0. The van der Waals surface area contributed by atoms with Gasteiger partial charge in [-0.3, -0.25) is 9.89 Å². The van der Waals surface area contributed by atoms with Gasteiger partial charge in [0.2, 0.25) is 5.82 Å². The Bertz CT molecular complexity index is 373. The molecule has 102 valence electrons. The standard InChI is InChI=1S/C13H24N4O/c1-5-6-7-8-10(4)14-13(18)12-15-11(9(2)3)16-17-12/h9-10H,5-8H2,1-4H3,(H,14,18)(H,15,16,17). The Morgan fingerprint density at radius 2 is 2.06 bits per heavy atom. The number of hydrogen-bond donors (Lipinski definition) is 2. The average Bonchev–Trinajstić information content (AvgIpc) is 2.78. The minimum absolute atomic E-state index is 0.171. The van der Waals surface area contributed by atoms with Crippen molar-refractivity contribution in [3.8, 4) is 0 Å². The first kappa shape index (κ1) is 14.7. The van der Waals surface area contributed by atoms with Crippen molar-refractivity contribution in [2.75, 3.05) is 0 Å². The van der Waals surface area contributed by atoms with Gasteiger partial charge in [0.05, 0.1) is 0 Å². The van der Waals surface area contributed by atoms with Gasteiger partial charge in [0.25, 0.3) is 5.91 Å². The molecule has 18 heavy (non-hydrogen) atoms. The number of rotatable bonds is 7. The van der Waals surface area contributed by atoms with E-state index in [0.29, 0.717) is 0 Å². The zero-order valence-corrected chi connectivity index (χ0v) is 11.8. The Morgan fingerprint density at radius 1 is 1.33 bits per heavy atom. The second-order valence-electron chi connectivity index (χ2n) is 5.07. The van der Waals surface area contributed by atoms with E-state index in [4.69, 9.17) is 0 Å². The Labute approximate surface area is 109 Å². The summed E-state index contributed by atoms with van der Waals surface area (Å²) in [5, 5.41) is 9.65. The summed E-state index contributed by atoms with van der Waals surface area (Å²) in [4.78, 5) is 16.0. The molecule has 1 rings (SSSR count). The van der Waals surface area contributed by atoms with Gasteiger partial charge in [-0.25, -0.2) is 4.98 Å². The molecule has 0 aliphatic heterocycles. The predicted molar refractivity (Wildman–Crippen MR) is 71.5 cm³/mol. The van der Waals surface area contributed by atoms with Crippen molar-refractivity contribution in [3.05, 3.63) is 11.6 Å². The number of aromatic nitrogens is 3. The highest BCUT2D eigenvalue weighted by Gasteiger charge is 2.15. The van der Waals surface area contributed by atoms with E-state index in [-0.39, 0.29) is 23.7 Å². The number of H-pyrrole nitrogens is 1. The number of unbranched alkanes of at least 4 members (excludes halogenated alkanes) is 2. The van der Waals surface area contributed by atoms with Crippen LogP contribution in [0.2, 0.25) is 0 Å². The minimum Gasteiger partial charge on any atom is -0.347 e. The molecule has 0 aliphatic rings. The Balaban J connectivity index is 2.43. The van der Waals surface area contributed by atoms with Crippen LogP contribution in [0.3, 0.4) is 0 Å². The minimum atomic E-state index is -0.192. The van der Waals surface area contributed by atoms with Crippen LogP contribution in [0.5, 0.6) is 0 Å². The number of nitrogens with zero attached hydrogens (tertiary/aromatic N) is 2. The van der Waals surface area contributed by atoms with E-state index in [1.165, 1.54) is 12.8 Å². The third-order valence-electron chi connectivity index (χ3n) is 2.87. The molecule has 1 unspecified atom stereocenters. The van der Waals surface area contributed by atoms with Gasteiger partial charge in [0.1, 0.15) is 5.82 Å². The molecule has 0 spiro atoms. The predicted octanol–water partition coefficient (Wildman–Crippen LogP) is 2.63. The monoisotopic (exact) mass is 252 g/mol. The lowest BCUT2D eigenvalue weighted by Gasteiger charge is -2.11. The van der Waals surface area contributed by atoms with Crippen LogP contribution in [0.25, 0.3) is 0 Å². The number of carbonyl (C=O) groups excluding carboxylic acids is 1. The first-order valence-corrected chi connectivity index (χ1v) is 6.77. The van der Waals surface area contributed by atoms with Crippen LogP contribution in [-0.2, 0) is 0 Å².